The molecule has 2 saturated heterocycles. The van der Waals surface area contributed by atoms with Gasteiger partial charge in [0.2, 0.25) is 11.8 Å². The van der Waals surface area contributed by atoms with Crippen molar-refractivity contribution in [1.29, 1.82) is 0 Å². The highest BCUT2D eigenvalue weighted by molar-refractivity contribution is 5.94. The number of hydrogen-bond donors (Lipinski definition) is 1. The lowest BCUT2D eigenvalue weighted by molar-refractivity contribution is -0.136. The number of nitrogens with one attached hydrogen (secondary N) is 1. The quantitative estimate of drug-likeness (QED) is 0.922. The lowest BCUT2D eigenvalue weighted by Gasteiger charge is -2.36. The first-order chi connectivity index (χ1) is 11.6. The van der Waals surface area contributed by atoms with E-state index in [0.717, 1.165) is 57.5 Å². The summed E-state index contributed by atoms with van der Waals surface area (Å²) in [5.41, 5.74) is 0.827. The zero-order valence-corrected chi connectivity index (χ0v) is 14.4. The zero-order chi connectivity index (χ0) is 16.9. The standard InChI is InChI=1S/C19H27N3O2/c1-15(18(23)20-17-7-3-2-4-8-17)21-13-9-16(10-14-21)19(24)22-11-5-6-12-22/h2-4,7-8,15-16H,5-6,9-14H2,1H3,(H,20,23)/t15-/m1/s1. The molecule has 1 N–H and O–H groups in total. The fourth-order valence-electron chi connectivity index (χ4n) is 3.66. The molecule has 0 spiro atoms. The van der Waals surface area contributed by atoms with Crippen LogP contribution in [0.2, 0.25) is 0 Å². The number of carbonyl (C=O) groups is 2. The van der Waals surface area contributed by atoms with Crippen LogP contribution in [0.5, 0.6) is 0 Å². The summed E-state index contributed by atoms with van der Waals surface area (Å²) >= 11 is 0. The zero-order valence-electron chi connectivity index (χ0n) is 14.4. The van der Waals surface area contributed by atoms with Crippen molar-refractivity contribution in [2.24, 2.45) is 5.92 Å². The van der Waals surface area contributed by atoms with E-state index in [1.165, 1.54) is 0 Å². The van der Waals surface area contributed by atoms with Gasteiger partial charge in [-0.05, 0) is 57.8 Å². The van der Waals surface area contributed by atoms with Crippen LogP contribution in [0, 0.1) is 5.92 Å². The van der Waals surface area contributed by atoms with Gasteiger partial charge in [-0.3, -0.25) is 14.5 Å². The average Bonchev–Trinajstić information content (AvgIpc) is 3.16. The Labute approximate surface area is 144 Å². The number of piperidine rings is 1. The van der Waals surface area contributed by atoms with Gasteiger partial charge in [-0.25, -0.2) is 0 Å². The third-order valence-corrected chi connectivity index (χ3v) is 5.27. The highest BCUT2D eigenvalue weighted by Gasteiger charge is 2.32. The first-order valence-corrected chi connectivity index (χ1v) is 9.04. The van der Waals surface area contributed by atoms with Gasteiger partial charge in [0.15, 0.2) is 0 Å². The van der Waals surface area contributed by atoms with Crippen LogP contribution in [0.1, 0.15) is 32.6 Å². The lowest BCUT2D eigenvalue weighted by Crippen LogP contribution is -2.48. The number of likely N-dealkylation sites (tertiary alicyclic amines) is 2. The average molecular weight is 329 g/mol. The molecule has 0 aliphatic carbocycles. The molecule has 3 rings (SSSR count). The Hall–Kier alpha value is -1.88. The Morgan fingerprint density at radius 3 is 2.29 bits per heavy atom. The van der Waals surface area contributed by atoms with E-state index >= 15 is 0 Å². The maximum Gasteiger partial charge on any atom is 0.241 e. The number of amides is 2. The normalized spacial score (nSPS) is 20.8. The molecular formula is C19H27N3O2. The largest absolute Gasteiger partial charge is 0.342 e. The predicted octanol–water partition coefficient (Wildman–Crippen LogP) is 2.35. The van der Waals surface area contributed by atoms with Gasteiger partial charge in [0.25, 0.3) is 0 Å². The van der Waals surface area contributed by atoms with Crippen molar-refractivity contribution in [2.45, 2.75) is 38.6 Å². The van der Waals surface area contributed by atoms with Crippen LogP contribution in [0.4, 0.5) is 5.69 Å². The van der Waals surface area contributed by atoms with E-state index in [2.05, 4.69) is 10.2 Å². The minimum atomic E-state index is -0.173. The fourth-order valence-corrected chi connectivity index (χ4v) is 3.66. The molecule has 0 bridgehead atoms. The van der Waals surface area contributed by atoms with Crippen molar-refractivity contribution in [2.75, 3.05) is 31.5 Å². The van der Waals surface area contributed by atoms with Crippen LogP contribution < -0.4 is 5.32 Å². The van der Waals surface area contributed by atoms with Crippen LogP contribution >= 0.6 is 0 Å². The van der Waals surface area contributed by atoms with Crippen LogP contribution in [-0.4, -0.2) is 53.8 Å². The smallest absolute Gasteiger partial charge is 0.241 e. The number of benzene rings is 1. The number of carbonyl (C=O) groups excluding carboxylic acids is 2. The van der Waals surface area contributed by atoms with Crippen molar-refractivity contribution in [3.8, 4) is 0 Å². The summed E-state index contributed by atoms with van der Waals surface area (Å²) in [6.07, 6.45) is 4.00. The number of rotatable bonds is 4. The Balaban J connectivity index is 1.48. The third-order valence-electron chi connectivity index (χ3n) is 5.27. The van der Waals surface area contributed by atoms with Gasteiger partial charge < -0.3 is 10.2 Å². The molecule has 0 saturated carbocycles. The molecule has 5 nitrogen and oxygen atoms in total. The topological polar surface area (TPSA) is 52.7 Å². The fraction of sp³-hybridized carbons (Fsp3) is 0.579. The molecule has 2 aliphatic rings. The van der Waals surface area contributed by atoms with E-state index in [1.54, 1.807) is 0 Å². The van der Waals surface area contributed by atoms with Gasteiger partial charge in [-0.2, -0.15) is 0 Å². The summed E-state index contributed by atoms with van der Waals surface area (Å²) in [6, 6.07) is 9.37. The highest BCUT2D eigenvalue weighted by Crippen LogP contribution is 2.23. The third kappa shape index (κ3) is 3.96. The van der Waals surface area contributed by atoms with Gasteiger partial charge in [0, 0.05) is 24.7 Å². The first-order valence-electron chi connectivity index (χ1n) is 9.04. The van der Waals surface area contributed by atoms with Crippen molar-refractivity contribution >= 4 is 17.5 Å². The van der Waals surface area contributed by atoms with Crippen LogP contribution in [0.25, 0.3) is 0 Å². The van der Waals surface area contributed by atoms with Gasteiger partial charge in [-0.1, -0.05) is 18.2 Å². The number of nitrogens with zero attached hydrogens (tertiary/aromatic N) is 2. The second kappa shape index (κ2) is 7.79. The Kier molecular flexibility index (Phi) is 5.51. The molecule has 5 heteroatoms. The Morgan fingerprint density at radius 1 is 1.04 bits per heavy atom. The maximum atomic E-state index is 12.5. The number of para-hydroxylation sites is 1. The van der Waals surface area contributed by atoms with E-state index in [4.69, 9.17) is 0 Å². The Bertz CT molecular complexity index is 561. The molecule has 2 heterocycles. The molecule has 130 valence electrons. The summed E-state index contributed by atoms with van der Waals surface area (Å²) in [6.45, 7) is 5.42. The molecule has 2 aliphatic heterocycles. The lowest BCUT2D eigenvalue weighted by atomic mass is 9.94. The van der Waals surface area contributed by atoms with Crippen LogP contribution in [-0.2, 0) is 9.59 Å². The minimum Gasteiger partial charge on any atom is -0.342 e. The molecule has 2 amide bonds. The second-order valence-corrected chi connectivity index (χ2v) is 6.87. The summed E-state index contributed by atoms with van der Waals surface area (Å²) in [4.78, 5) is 29.1. The van der Waals surface area contributed by atoms with E-state index < -0.39 is 0 Å². The van der Waals surface area contributed by atoms with Gasteiger partial charge in [0.05, 0.1) is 6.04 Å². The number of anilines is 1. The molecular weight excluding hydrogens is 302 g/mol. The molecule has 1 aromatic rings. The molecule has 0 aromatic heterocycles. The van der Waals surface area contributed by atoms with Crippen molar-refractivity contribution in [3.63, 3.8) is 0 Å². The maximum absolute atomic E-state index is 12.5. The van der Waals surface area contributed by atoms with E-state index in [0.29, 0.717) is 5.91 Å². The summed E-state index contributed by atoms with van der Waals surface area (Å²) in [5, 5.41) is 2.96. The van der Waals surface area contributed by atoms with E-state index in [1.807, 2.05) is 42.2 Å². The van der Waals surface area contributed by atoms with E-state index in [-0.39, 0.29) is 17.9 Å². The minimum absolute atomic E-state index is 0.0190. The molecule has 1 aromatic carbocycles. The van der Waals surface area contributed by atoms with Gasteiger partial charge >= 0.3 is 0 Å². The summed E-state index contributed by atoms with van der Waals surface area (Å²) in [5.74, 6) is 0.489. The Morgan fingerprint density at radius 2 is 1.67 bits per heavy atom. The van der Waals surface area contributed by atoms with Crippen LogP contribution in [0.15, 0.2) is 30.3 Å². The number of hydrogen-bond acceptors (Lipinski definition) is 3. The van der Waals surface area contributed by atoms with Crippen molar-refractivity contribution in [3.05, 3.63) is 30.3 Å². The molecule has 24 heavy (non-hydrogen) atoms. The van der Waals surface area contributed by atoms with E-state index in [9.17, 15) is 9.59 Å². The predicted molar refractivity (Wildman–Crippen MR) is 94.6 cm³/mol. The highest BCUT2D eigenvalue weighted by atomic mass is 16.2. The van der Waals surface area contributed by atoms with Gasteiger partial charge in [-0.15, -0.1) is 0 Å². The SMILES string of the molecule is C[C@H](C(=O)Nc1ccccc1)N1CCC(C(=O)N2CCCC2)CC1. The second-order valence-electron chi connectivity index (χ2n) is 6.87. The molecule has 0 radical (unpaired) electrons. The molecule has 2 fully saturated rings. The first kappa shape index (κ1) is 17.0. The van der Waals surface area contributed by atoms with Crippen LogP contribution in [0.3, 0.4) is 0 Å². The monoisotopic (exact) mass is 329 g/mol. The van der Waals surface area contributed by atoms with Gasteiger partial charge in [0.1, 0.15) is 0 Å². The summed E-state index contributed by atoms with van der Waals surface area (Å²) in [7, 11) is 0. The molecule has 1 atom stereocenters. The van der Waals surface area contributed by atoms with Crippen molar-refractivity contribution < 1.29 is 9.59 Å². The van der Waals surface area contributed by atoms with Crippen molar-refractivity contribution in [1.82, 2.24) is 9.80 Å². The molecule has 0 unspecified atom stereocenters. The summed E-state index contributed by atoms with van der Waals surface area (Å²) < 4.78 is 0.